The molecule has 1 aromatic carbocycles. The summed E-state index contributed by atoms with van der Waals surface area (Å²) in [6.07, 6.45) is 5.39. The quantitative estimate of drug-likeness (QED) is 0.632. The highest BCUT2D eigenvalue weighted by atomic mass is 16.5. The van der Waals surface area contributed by atoms with E-state index < -0.39 is 6.10 Å². The zero-order valence-electron chi connectivity index (χ0n) is 21.9. The van der Waals surface area contributed by atoms with Crippen LogP contribution in [0.25, 0.3) is 0 Å². The first-order chi connectivity index (χ1) is 16.7. The standard InChI is InChI=1S/C29H44N2O4/c1-19-12-16-31(17-13-19)28(34)20(2)23-10-14-29(4)15-11-24(21(3)26(29)27(23)33)30-25(32)18-35-22-8-6-5-7-9-22/h5-9,19-21,23-24,26-27,33H,10-18H2,1-4H3,(H,30,32)/t20-,21+,23?,24-,26+,27-,29-/m0/s1. The number of aliphatic hydroxyl groups excluding tert-OH is 1. The Morgan fingerprint density at radius 2 is 1.77 bits per heavy atom. The third kappa shape index (κ3) is 5.68. The third-order valence-corrected chi connectivity index (χ3v) is 9.47. The fourth-order valence-corrected chi connectivity index (χ4v) is 7.11. The van der Waals surface area contributed by atoms with Gasteiger partial charge < -0.3 is 20.1 Å². The number of ether oxygens (including phenoxy) is 1. The average Bonchev–Trinajstić information content (AvgIpc) is 2.85. The van der Waals surface area contributed by atoms with E-state index in [1.165, 1.54) is 0 Å². The molecule has 1 aromatic rings. The number of carbonyl (C=O) groups excluding carboxylic acids is 2. The van der Waals surface area contributed by atoms with E-state index in [0.717, 1.165) is 51.6 Å². The van der Waals surface area contributed by atoms with Crippen molar-refractivity contribution in [1.29, 1.82) is 0 Å². The summed E-state index contributed by atoms with van der Waals surface area (Å²) in [4.78, 5) is 28.0. The van der Waals surface area contributed by atoms with Crippen molar-refractivity contribution in [2.75, 3.05) is 19.7 Å². The van der Waals surface area contributed by atoms with Crippen molar-refractivity contribution in [3.8, 4) is 5.75 Å². The maximum Gasteiger partial charge on any atom is 0.258 e. The van der Waals surface area contributed by atoms with Crippen molar-refractivity contribution in [2.24, 2.45) is 35.0 Å². The number of nitrogens with one attached hydrogen (secondary N) is 1. The molecule has 6 nitrogen and oxygen atoms in total. The lowest BCUT2D eigenvalue weighted by atomic mass is 9.51. The molecule has 3 aliphatic rings. The zero-order valence-corrected chi connectivity index (χ0v) is 21.9. The van der Waals surface area contributed by atoms with Crippen LogP contribution in [0.4, 0.5) is 0 Å². The van der Waals surface area contributed by atoms with Gasteiger partial charge in [-0.2, -0.15) is 0 Å². The Balaban J connectivity index is 1.38. The Hall–Kier alpha value is -2.08. The van der Waals surface area contributed by atoms with Gasteiger partial charge in [-0.1, -0.05) is 45.9 Å². The first kappa shape index (κ1) is 26.0. The second kappa shape index (κ2) is 10.9. The highest BCUT2D eigenvalue weighted by Crippen LogP contribution is 2.55. The highest BCUT2D eigenvalue weighted by molar-refractivity contribution is 5.79. The number of hydrogen-bond donors (Lipinski definition) is 2. The molecule has 2 aliphatic carbocycles. The van der Waals surface area contributed by atoms with Crippen LogP contribution in [-0.4, -0.2) is 53.7 Å². The molecule has 0 bridgehead atoms. The molecule has 2 saturated carbocycles. The fraction of sp³-hybridized carbons (Fsp3) is 0.724. The van der Waals surface area contributed by atoms with Gasteiger partial charge in [0.1, 0.15) is 5.75 Å². The number of likely N-dealkylation sites (tertiary alicyclic amines) is 1. The maximum absolute atomic E-state index is 13.3. The van der Waals surface area contributed by atoms with Crippen molar-refractivity contribution >= 4 is 11.8 Å². The predicted molar refractivity (Wildman–Crippen MR) is 137 cm³/mol. The molecule has 3 fully saturated rings. The van der Waals surface area contributed by atoms with E-state index in [1.54, 1.807) is 0 Å². The number of carbonyl (C=O) groups is 2. The van der Waals surface area contributed by atoms with Crippen LogP contribution in [0.1, 0.15) is 66.2 Å². The molecule has 0 aromatic heterocycles. The normalized spacial score (nSPS) is 34.5. The molecule has 1 saturated heterocycles. The number of fused-ring (bicyclic) bond motifs is 1. The van der Waals surface area contributed by atoms with E-state index >= 15 is 0 Å². The lowest BCUT2D eigenvalue weighted by Gasteiger charge is -2.56. The second-order valence-corrected chi connectivity index (χ2v) is 11.8. The summed E-state index contributed by atoms with van der Waals surface area (Å²) in [5, 5.41) is 14.8. The predicted octanol–water partition coefficient (Wildman–Crippen LogP) is 4.27. The number of benzene rings is 1. The van der Waals surface area contributed by atoms with Crippen molar-refractivity contribution < 1.29 is 19.4 Å². The molecule has 194 valence electrons. The van der Waals surface area contributed by atoms with Gasteiger partial charge in [0.15, 0.2) is 6.61 Å². The van der Waals surface area contributed by atoms with Gasteiger partial charge in [-0.05, 0) is 79.7 Å². The summed E-state index contributed by atoms with van der Waals surface area (Å²) in [6, 6.07) is 9.37. The first-order valence-corrected chi connectivity index (χ1v) is 13.6. The van der Waals surface area contributed by atoms with E-state index in [9.17, 15) is 14.7 Å². The number of piperidine rings is 1. The minimum absolute atomic E-state index is 0.00272. The summed E-state index contributed by atoms with van der Waals surface area (Å²) < 4.78 is 5.63. The van der Waals surface area contributed by atoms with E-state index in [0.29, 0.717) is 11.7 Å². The van der Waals surface area contributed by atoms with E-state index in [2.05, 4.69) is 26.1 Å². The highest BCUT2D eigenvalue weighted by Gasteiger charge is 2.54. The Morgan fingerprint density at radius 3 is 2.46 bits per heavy atom. The van der Waals surface area contributed by atoms with Gasteiger partial charge in [-0.25, -0.2) is 0 Å². The molecule has 7 atom stereocenters. The number of amides is 2. The summed E-state index contributed by atoms with van der Waals surface area (Å²) >= 11 is 0. The molecular formula is C29H44N2O4. The van der Waals surface area contributed by atoms with Gasteiger partial charge in [-0.15, -0.1) is 0 Å². The van der Waals surface area contributed by atoms with E-state index in [4.69, 9.17) is 4.74 Å². The molecule has 4 rings (SSSR count). The number of aliphatic hydroxyl groups is 1. The van der Waals surface area contributed by atoms with Crippen LogP contribution in [0.3, 0.4) is 0 Å². The Labute approximate surface area is 210 Å². The lowest BCUT2D eigenvalue weighted by molar-refractivity contribution is -0.152. The largest absolute Gasteiger partial charge is 0.484 e. The summed E-state index contributed by atoms with van der Waals surface area (Å²) in [6.45, 7) is 10.4. The van der Waals surface area contributed by atoms with Crippen LogP contribution < -0.4 is 10.1 Å². The van der Waals surface area contributed by atoms with Gasteiger partial charge in [-0.3, -0.25) is 9.59 Å². The molecule has 6 heteroatoms. The number of hydrogen-bond acceptors (Lipinski definition) is 4. The molecular weight excluding hydrogens is 440 g/mol. The van der Waals surface area contributed by atoms with Crippen LogP contribution in [0, 0.1) is 35.0 Å². The molecule has 1 unspecified atom stereocenters. The van der Waals surface area contributed by atoms with Gasteiger partial charge in [0, 0.05) is 25.0 Å². The minimum Gasteiger partial charge on any atom is -0.484 e. The number of rotatable bonds is 6. The SMILES string of the molecule is CC1CCN(C(=O)[C@@H](C)C2CC[C@@]3(C)CC[C@H](NC(=O)COc4ccccc4)[C@@H](C)[C@@H]3[C@H]2O)CC1. The van der Waals surface area contributed by atoms with Crippen molar-refractivity contribution in [2.45, 2.75) is 78.4 Å². The molecule has 0 radical (unpaired) electrons. The maximum atomic E-state index is 13.3. The molecule has 1 heterocycles. The number of nitrogens with zero attached hydrogens (tertiary/aromatic N) is 1. The van der Waals surface area contributed by atoms with Gasteiger partial charge in [0.05, 0.1) is 6.10 Å². The second-order valence-electron chi connectivity index (χ2n) is 11.8. The first-order valence-electron chi connectivity index (χ1n) is 13.6. The van der Waals surface area contributed by atoms with Crippen LogP contribution in [0.2, 0.25) is 0 Å². The smallest absolute Gasteiger partial charge is 0.258 e. The van der Waals surface area contributed by atoms with Gasteiger partial charge >= 0.3 is 0 Å². The average molecular weight is 485 g/mol. The van der Waals surface area contributed by atoms with Crippen LogP contribution >= 0.6 is 0 Å². The molecule has 0 spiro atoms. The van der Waals surface area contributed by atoms with Crippen LogP contribution in [0.5, 0.6) is 5.75 Å². The molecule has 2 amide bonds. The Morgan fingerprint density at radius 1 is 1.11 bits per heavy atom. The van der Waals surface area contributed by atoms with Gasteiger partial charge in [0.2, 0.25) is 5.91 Å². The van der Waals surface area contributed by atoms with Gasteiger partial charge in [0.25, 0.3) is 5.91 Å². The van der Waals surface area contributed by atoms with Crippen molar-refractivity contribution in [3.63, 3.8) is 0 Å². The monoisotopic (exact) mass is 484 g/mol. The Kier molecular flexibility index (Phi) is 8.09. The number of para-hydroxylation sites is 1. The zero-order chi connectivity index (χ0) is 25.2. The van der Waals surface area contributed by atoms with E-state index in [-0.39, 0.29) is 53.5 Å². The van der Waals surface area contributed by atoms with Crippen LogP contribution in [-0.2, 0) is 9.59 Å². The summed E-state index contributed by atoms with van der Waals surface area (Å²) in [7, 11) is 0. The lowest BCUT2D eigenvalue weighted by Crippen LogP contribution is -2.59. The minimum atomic E-state index is -0.535. The molecule has 35 heavy (non-hydrogen) atoms. The van der Waals surface area contributed by atoms with Crippen molar-refractivity contribution in [1.82, 2.24) is 10.2 Å². The Bertz CT molecular complexity index is 869. The fourth-order valence-electron chi connectivity index (χ4n) is 7.11. The third-order valence-electron chi connectivity index (χ3n) is 9.47. The topological polar surface area (TPSA) is 78.9 Å². The van der Waals surface area contributed by atoms with Crippen LogP contribution in [0.15, 0.2) is 30.3 Å². The van der Waals surface area contributed by atoms with E-state index in [1.807, 2.05) is 42.2 Å². The summed E-state index contributed by atoms with van der Waals surface area (Å²) in [5.41, 5.74) is 0.0421. The molecule has 2 N–H and O–H groups in total. The molecule has 1 aliphatic heterocycles. The van der Waals surface area contributed by atoms with Crippen molar-refractivity contribution in [3.05, 3.63) is 30.3 Å². The summed E-state index contributed by atoms with van der Waals surface area (Å²) in [5.74, 6) is 1.43.